The molecule has 0 bridgehead atoms. The van der Waals surface area contributed by atoms with Gasteiger partial charge in [-0.25, -0.2) is 9.37 Å². The third-order valence-corrected chi connectivity index (χ3v) is 3.93. The minimum Gasteiger partial charge on any atom is -0.436 e. The fraction of sp³-hybridized carbons (Fsp3) is 0.286. The Labute approximate surface area is 134 Å². The standard InChI is InChI=1S/C14H12BrClFN3O/c15-10-3-11(16)12(17)4-13(10)21-14-7-19-9(6-20-14)5-18-8-1-2-8/h3-4,6-8,18H,1-2,5H2. The Morgan fingerprint density at radius 1 is 1.33 bits per heavy atom. The van der Waals surface area contributed by atoms with Crippen LogP contribution in [0.25, 0.3) is 0 Å². The van der Waals surface area contributed by atoms with Crippen LogP contribution < -0.4 is 10.1 Å². The zero-order chi connectivity index (χ0) is 14.8. The molecule has 1 aliphatic carbocycles. The Balaban J connectivity index is 1.68. The molecule has 0 amide bonds. The number of hydrogen-bond acceptors (Lipinski definition) is 4. The third-order valence-electron chi connectivity index (χ3n) is 3.02. The summed E-state index contributed by atoms with van der Waals surface area (Å²) in [4.78, 5) is 8.42. The van der Waals surface area contributed by atoms with E-state index in [2.05, 4.69) is 31.2 Å². The summed E-state index contributed by atoms with van der Waals surface area (Å²) in [6.45, 7) is 0.692. The van der Waals surface area contributed by atoms with E-state index in [0.717, 1.165) is 5.69 Å². The zero-order valence-corrected chi connectivity index (χ0v) is 13.3. The van der Waals surface area contributed by atoms with E-state index in [-0.39, 0.29) is 5.02 Å². The second-order valence-electron chi connectivity index (χ2n) is 4.80. The highest BCUT2D eigenvalue weighted by atomic mass is 79.9. The molecule has 0 atom stereocenters. The minimum absolute atomic E-state index is 0.0295. The van der Waals surface area contributed by atoms with Crippen LogP contribution in [0.4, 0.5) is 4.39 Å². The molecular weight excluding hydrogens is 361 g/mol. The highest BCUT2D eigenvalue weighted by Gasteiger charge is 2.20. The summed E-state index contributed by atoms with van der Waals surface area (Å²) in [7, 11) is 0. The Kier molecular flexibility index (Phi) is 4.37. The quantitative estimate of drug-likeness (QED) is 0.804. The Bertz CT molecular complexity index is 649. The van der Waals surface area contributed by atoms with Gasteiger partial charge in [0.15, 0.2) is 0 Å². The number of benzene rings is 1. The van der Waals surface area contributed by atoms with Gasteiger partial charge in [0.1, 0.15) is 11.6 Å². The van der Waals surface area contributed by atoms with Crippen LogP contribution in [0, 0.1) is 5.82 Å². The smallest absolute Gasteiger partial charge is 0.237 e. The summed E-state index contributed by atoms with van der Waals surface area (Å²) in [5.41, 5.74) is 0.843. The molecule has 1 aromatic carbocycles. The van der Waals surface area contributed by atoms with Crippen LogP contribution in [-0.4, -0.2) is 16.0 Å². The van der Waals surface area contributed by atoms with Crippen molar-refractivity contribution in [2.45, 2.75) is 25.4 Å². The fourth-order valence-corrected chi connectivity index (χ4v) is 2.44. The predicted octanol–water partition coefficient (Wildman–Crippen LogP) is 4.08. The maximum absolute atomic E-state index is 13.4. The van der Waals surface area contributed by atoms with Gasteiger partial charge in [0.2, 0.25) is 5.88 Å². The second kappa shape index (κ2) is 6.25. The van der Waals surface area contributed by atoms with E-state index in [0.29, 0.717) is 28.7 Å². The molecule has 1 N–H and O–H groups in total. The summed E-state index contributed by atoms with van der Waals surface area (Å²) in [5.74, 6) is 0.0516. The molecule has 0 spiro atoms. The van der Waals surface area contributed by atoms with Crippen molar-refractivity contribution < 1.29 is 9.13 Å². The monoisotopic (exact) mass is 371 g/mol. The molecule has 2 aromatic rings. The van der Waals surface area contributed by atoms with Gasteiger partial charge in [-0.2, -0.15) is 0 Å². The normalized spacial score (nSPS) is 14.2. The van der Waals surface area contributed by atoms with Crippen LogP contribution in [0.3, 0.4) is 0 Å². The van der Waals surface area contributed by atoms with E-state index in [1.54, 1.807) is 6.20 Å². The highest BCUT2D eigenvalue weighted by Crippen LogP contribution is 2.32. The van der Waals surface area contributed by atoms with Crippen molar-refractivity contribution in [2.24, 2.45) is 0 Å². The average Bonchev–Trinajstić information content (AvgIpc) is 3.28. The van der Waals surface area contributed by atoms with Gasteiger partial charge in [-0.1, -0.05) is 11.6 Å². The van der Waals surface area contributed by atoms with E-state index in [1.165, 1.54) is 31.2 Å². The first-order valence-electron chi connectivity index (χ1n) is 6.48. The third kappa shape index (κ3) is 3.90. The van der Waals surface area contributed by atoms with Crippen molar-refractivity contribution in [3.05, 3.63) is 45.5 Å². The maximum atomic E-state index is 13.4. The molecule has 3 rings (SSSR count). The van der Waals surface area contributed by atoms with Crippen LogP contribution in [0.15, 0.2) is 29.0 Å². The molecule has 0 aliphatic heterocycles. The second-order valence-corrected chi connectivity index (χ2v) is 6.06. The summed E-state index contributed by atoms with van der Waals surface area (Å²) in [6.07, 6.45) is 5.61. The van der Waals surface area contributed by atoms with E-state index in [9.17, 15) is 4.39 Å². The van der Waals surface area contributed by atoms with Gasteiger partial charge in [0, 0.05) is 18.7 Å². The molecule has 1 aliphatic rings. The number of halogens is 3. The fourth-order valence-electron chi connectivity index (χ4n) is 1.72. The van der Waals surface area contributed by atoms with Gasteiger partial charge in [0.05, 0.1) is 27.6 Å². The SMILES string of the molecule is Fc1cc(Oc2cnc(CNC3CC3)cn2)c(Br)cc1Cl. The van der Waals surface area contributed by atoms with Crippen molar-refractivity contribution in [3.63, 3.8) is 0 Å². The first-order chi connectivity index (χ1) is 10.1. The van der Waals surface area contributed by atoms with Crippen LogP contribution in [-0.2, 0) is 6.54 Å². The molecule has 0 radical (unpaired) electrons. The Hall–Kier alpha value is -1.24. The number of nitrogens with one attached hydrogen (secondary N) is 1. The molecular formula is C14H12BrClFN3O. The number of rotatable bonds is 5. The number of hydrogen-bond donors (Lipinski definition) is 1. The first kappa shape index (κ1) is 14.7. The summed E-state index contributed by atoms with van der Waals surface area (Å²) in [6, 6.07) is 3.26. The molecule has 1 fully saturated rings. The molecule has 1 aromatic heterocycles. The molecule has 7 heteroatoms. The van der Waals surface area contributed by atoms with Crippen LogP contribution in [0.5, 0.6) is 11.6 Å². The van der Waals surface area contributed by atoms with E-state index >= 15 is 0 Å². The van der Waals surface area contributed by atoms with E-state index in [1.807, 2.05) is 0 Å². The summed E-state index contributed by atoms with van der Waals surface area (Å²) < 4.78 is 19.5. The van der Waals surface area contributed by atoms with Crippen LogP contribution >= 0.6 is 27.5 Å². The zero-order valence-electron chi connectivity index (χ0n) is 10.9. The summed E-state index contributed by atoms with van der Waals surface area (Å²) in [5, 5.41) is 3.38. The predicted molar refractivity (Wildman–Crippen MR) is 81.1 cm³/mol. The lowest BCUT2D eigenvalue weighted by Gasteiger charge is -2.08. The topological polar surface area (TPSA) is 47.0 Å². The number of nitrogens with zero attached hydrogens (tertiary/aromatic N) is 2. The van der Waals surface area contributed by atoms with Gasteiger partial charge in [-0.3, -0.25) is 4.98 Å². The van der Waals surface area contributed by atoms with Crippen molar-refractivity contribution in [3.8, 4) is 11.6 Å². The first-order valence-corrected chi connectivity index (χ1v) is 7.65. The summed E-state index contributed by atoms with van der Waals surface area (Å²) >= 11 is 8.95. The van der Waals surface area contributed by atoms with E-state index in [4.69, 9.17) is 16.3 Å². The minimum atomic E-state index is -0.548. The van der Waals surface area contributed by atoms with Crippen LogP contribution in [0.1, 0.15) is 18.5 Å². The van der Waals surface area contributed by atoms with Gasteiger partial charge in [0.25, 0.3) is 0 Å². The van der Waals surface area contributed by atoms with Crippen molar-refractivity contribution in [1.82, 2.24) is 15.3 Å². The van der Waals surface area contributed by atoms with Gasteiger partial charge in [-0.15, -0.1) is 0 Å². The van der Waals surface area contributed by atoms with Gasteiger partial charge in [-0.05, 0) is 34.8 Å². The molecule has 21 heavy (non-hydrogen) atoms. The maximum Gasteiger partial charge on any atom is 0.237 e. The molecule has 1 heterocycles. The van der Waals surface area contributed by atoms with Gasteiger partial charge >= 0.3 is 0 Å². The van der Waals surface area contributed by atoms with Crippen molar-refractivity contribution in [1.29, 1.82) is 0 Å². The highest BCUT2D eigenvalue weighted by molar-refractivity contribution is 9.10. The Morgan fingerprint density at radius 2 is 2.14 bits per heavy atom. The largest absolute Gasteiger partial charge is 0.436 e. The van der Waals surface area contributed by atoms with Crippen molar-refractivity contribution >= 4 is 27.5 Å². The molecule has 0 unspecified atom stereocenters. The lowest BCUT2D eigenvalue weighted by Crippen LogP contribution is -2.16. The Morgan fingerprint density at radius 3 is 2.81 bits per heavy atom. The molecule has 110 valence electrons. The van der Waals surface area contributed by atoms with E-state index < -0.39 is 5.82 Å². The molecule has 1 saturated carbocycles. The lowest BCUT2D eigenvalue weighted by molar-refractivity contribution is 0.451. The molecule has 0 saturated heterocycles. The molecule has 4 nitrogen and oxygen atoms in total. The number of ether oxygens (including phenoxy) is 1. The lowest BCUT2D eigenvalue weighted by atomic mass is 10.3. The van der Waals surface area contributed by atoms with Crippen molar-refractivity contribution in [2.75, 3.05) is 0 Å². The average molecular weight is 373 g/mol. The van der Waals surface area contributed by atoms with Crippen LogP contribution in [0.2, 0.25) is 5.02 Å². The number of aromatic nitrogens is 2. The van der Waals surface area contributed by atoms with Gasteiger partial charge < -0.3 is 10.1 Å².